The fourth-order valence-corrected chi connectivity index (χ4v) is 1.97. The minimum atomic E-state index is 0.722. The molecule has 0 saturated heterocycles. The summed E-state index contributed by atoms with van der Waals surface area (Å²) in [6.45, 7) is 4.58. The first-order valence-corrected chi connectivity index (χ1v) is 7.04. The minimum Gasteiger partial charge on any atom is -0.340 e. The maximum absolute atomic E-state index is 5.88. The largest absolute Gasteiger partial charge is 0.340 e. The first-order chi connectivity index (χ1) is 9.69. The van der Waals surface area contributed by atoms with Crippen LogP contribution < -0.4 is 10.2 Å². The van der Waals surface area contributed by atoms with Crippen molar-refractivity contribution in [2.45, 2.75) is 20.0 Å². The Labute approximate surface area is 124 Å². The summed E-state index contributed by atoms with van der Waals surface area (Å²) in [5.41, 5.74) is 2.27. The fraction of sp³-hybridized carbons (Fsp3) is 0.333. The molecule has 0 aliphatic carbocycles. The number of hydrogen-bond acceptors (Lipinski definition) is 4. The average Bonchev–Trinajstić information content (AvgIpc) is 2.48. The molecule has 0 spiro atoms. The van der Waals surface area contributed by atoms with Crippen molar-refractivity contribution >= 4 is 17.5 Å². The molecule has 1 N–H and O–H groups in total. The summed E-state index contributed by atoms with van der Waals surface area (Å²) in [5, 5.41) is 4.00. The smallest absolute Gasteiger partial charge is 0.225 e. The maximum Gasteiger partial charge on any atom is 0.225 e. The van der Waals surface area contributed by atoms with Gasteiger partial charge in [0.05, 0.1) is 0 Å². The lowest BCUT2D eigenvalue weighted by Gasteiger charge is -2.17. The molecule has 20 heavy (non-hydrogen) atoms. The van der Waals surface area contributed by atoms with Crippen LogP contribution in [0.2, 0.25) is 5.02 Å². The Morgan fingerprint density at radius 1 is 1.10 bits per heavy atom. The van der Waals surface area contributed by atoms with Gasteiger partial charge in [-0.2, -0.15) is 0 Å². The molecule has 0 atom stereocenters. The maximum atomic E-state index is 5.88. The summed E-state index contributed by atoms with van der Waals surface area (Å²) < 4.78 is 0. The van der Waals surface area contributed by atoms with Crippen LogP contribution in [0, 0.1) is 0 Å². The van der Waals surface area contributed by atoms with E-state index in [4.69, 9.17) is 11.6 Å². The van der Waals surface area contributed by atoms with Crippen LogP contribution in [0.4, 0.5) is 5.95 Å². The molecular formula is C15H19ClN4. The lowest BCUT2D eigenvalue weighted by molar-refractivity contribution is 0.719. The van der Waals surface area contributed by atoms with Crippen molar-refractivity contribution in [3.63, 3.8) is 0 Å². The van der Waals surface area contributed by atoms with Crippen LogP contribution >= 0.6 is 11.6 Å². The molecule has 0 unspecified atom stereocenters. The summed E-state index contributed by atoms with van der Waals surface area (Å²) in [4.78, 5) is 10.8. The van der Waals surface area contributed by atoms with E-state index in [-0.39, 0.29) is 0 Å². The molecule has 5 heteroatoms. The first-order valence-electron chi connectivity index (χ1n) is 6.66. The van der Waals surface area contributed by atoms with Crippen LogP contribution in [-0.4, -0.2) is 23.6 Å². The zero-order chi connectivity index (χ0) is 14.4. The zero-order valence-electron chi connectivity index (χ0n) is 11.8. The van der Waals surface area contributed by atoms with Gasteiger partial charge in [-0.25, -0.2) is 9.97 Å². The highest BCUT2D eigenvalue weighted by Crippen LogP contribution is 2.13. The normalized spacial score (nSPS) is 10.6. The van der Waals surface area contributed by atoms with E-state index in [1.807, 2.05) is 48.6 Å². The van der Waals surface area contributed by atoms with Gasteiger partial charge in [-0.1, -0.05) is 30.7 Å². The molecule has 2 aromatic rings. The van der Waals surface area contributed by atoms with Crippen molar-refractivity contribution in [2.24, 2.45) is 0 Å². The molecule has 0 amide bonds. The molecular weight excluding hydrogens is 272 g/mol. The molecule has 4 nitrogen and oxygen atoms in total. The number of nitrogens with zero attached hydrogens (tertiary/aromatic N) is 3. The highest BCUT2D eigenvalue weighted by Gasteiger charge is 2.05. The minimum absolute atomic E-state index is 0.722. The second kappa shape index (κ2) is 7.22. The van der Waals surface area contributed by atoms with Crippen LogP contribution in [0.25, 0.3) is 0 Å². The first kappa shape index (κ1) is 14.8. The Kier molecular flexibility index (Phi) is 5.32. The van der Waals surface area contributed by atoms with Gasteiger partial charge in [-0.15, -0.1) is 0 Å². The predicted octanol–water partition coefficient (Wildman–Crippen LogP) is 2.88. The Bertz CT molecular complexity index is 525. The number of hydrogen-bond donors (Lipinski definition) is 1. The van der Waals surface area contributed by atoms with E-state index in [1.54, 1.807) is 0 Å². The van der Waals surface area contributed by atoms with Gasteiger partial charge in [0.25, 0.3) is 0 Å². The summed E-state index contributed by atoms with van der Waals surface area (Å²) in [5.74, 6) is 0.722. The van der Waals surface area contributed by atoms with Gasteiger partial charge in [0.2, 0.25) is 5.95 Å². The van der Waals surface area contributed by atoms with Gasteiger partial charge in [0.15, 0.2) is 0 Å². The molecule has 0 fully saturated rings. The monoisotopic (exact) mass is 290 g/mol. The molecule has 106 valence electrons. The SMILES string of the molecule is CCNCc1cnc(N(C)Cc2ccc(Cl)cc2)nc1. The Balaban J connectivity index is 1.98. The van der Waals surface area contributed by atoms with Gasteiger partial charge in [-0.05, 0) is 24.2 Å². The zero-order valence-corrected chi connectivity index (χ0v) is 12.6. The highest BCUT2D eigenvalue weighted by atomic mass is 35.5. The van der Waals surface area contributed by atoms with Gasteiger partial charge >= 0.3 is 0 Å². The summed E-state index contributed by atoms with van der Waals surface area (Å²) in [7, 11) is 1.98. The lowest BCUT2D eigenvalue weighted by Crippen LogP contribution is -2.19. The van der Waals surface area contributed by atoms with E-state index in [0.717, 1.165) is 36.2 Å². The highest BCUT2D eigenvalue weighted by molar-refractivity contribution is 6.30. The molecule has 1 aromatic heterocycles. The summed E-state index contributed by atoms with van der Waals surface area (Å²) >= 11 is 5.88. The molecule has 1 heterocycles. The van der Waals surface area contributed by atoms with E-state index < -0.39 is 0 Å². The quantitative estimate of drug-likeness (QED) is 0.888. The van der Waals surface area contributed by atoms with Crippen LogP contribution in [0.15, 0.2) is 36.7 Å². The van der Waals surface area contributed by atoms with Crippen molar-refractivity contribution in [1.29, 1.82) is 0 Å². The van der Waals surface area contributed by atoms with E-state index in [9.17, 15) is 0 Å². The molecule has 0 radical (unpaired) electrons. The lowest BCUT2D eigenvalue weighted by atomic mass is 10.2. The van der Waals surface area contributed by atoms with Crippen LogP contribution in [0.3, 0.4) is 0 Å². The van der Waals surface area contributed by atoms with Crippen LogP contribution in [0.5, 0.6) is 0 Å². The number of anilines is 1. The summed E-state index contributed by atoms with van der Waals surface area (Å²) in [6.07, 6.45) is 3.73. The topological polar surface area (TPSA) is 41.1 Å². The molecule has 1 aromatic carbocycles. The molecule has 0 saturated carbocycles. The summed E-state index contributed by atoms with van der Waals surface area (Å²) in [6, 6.07) is 7.81. The third kappa shape index (κ3) is 4.18. The molecule has 0 bridgehead atoms. The van der Waals surface area contributed by atoms with Crippen LogP contribution in [-0.2, 0) is 13.1 Å². The second-order valence-corrected chi connectivity index (χ2v) is 5.09. The van der Waals surface area contributed by atoms with E-state index >= 15 is 0 Å². The predicted molar refractivity (Wildman–Crippen MR) is 83.0 cm³/mol. The van der Waals surface area contributed by atoms with E-state index in [2.05, 4.69) is 22.2 Å². The van der Waals surface area contributed by atoms with Gasteiger partial charge in [0.1, 0.15) is 0 Å². The Hall–Kier alpha value is -1.65. The third-order valence-corrected chi connectivity index (χ3v) is 3.20. The number of halogens is 1. The van der Waals surface area contributed by atoms with Crippen LogP contribution in [0.1, 0.15) is 18.1 Å². The van der Waals surface area contributed by atoms with E-state index in [1.165, 1.54) is 5.56 Å². The van der Waals surface area contributed by atoms with Gasteiger partial charge in [0, 0.05) is 43.1 Å². The number of nitrogens with one attached hydrogen (secondary N) is 1. The van der Waals surface area contributed by atoms with Crippen molar-refractivity contribution in [2.75, 3.05) is 18.5 Å². The van der Waals surface area contributed by atoms with Gasteiger partial charge < -0.3 is 10.2 Å². The van der Waals surface area contributed by atoms with Gasteiger partial charge in [-0.3, -0.25) is 0 Å². The molecule has 0 aliphatic heterocycles. The second-order valence-electron chi connectivity index (χ2n) is 4.65. The van der Waals surface area contributed by atoms with Crippen molar-refractivity contribution in [3.05, 3.63) is 52.8 Å². The van der Waals surface area contributed by atoms with E-state index in [0.29, 0.717) is 0 Å². The molecule has 2 rings (SSSR count). The average molecular weight is 291 g/mol. The third-order valence-electron chi connectivity index (χ3n) is 2.95. The van der Waals surface area contributed by atoms with Crippen molar-refractivity contribution < 1.29 is 0 Å². The Morgan fingerprint density at radius 2 is 1.75 bits per heavy atom. The molecule has 0 aliphatic rings. The van der Waals surface area contributed by atoms with Crippen molar-refractivity contribution in [1.82, 2.24) is 15.3 Å². The Morgan fingerprint density at radius 3 is 2.35 bits per heavy atom. The number of benzene rings is 1. The number of rotatable bonds is 6. The number of aromatic nitrogens is 2. The van der Waals surface area contributed by atoms with Crippen molar-refractivity contribution in [3.8, 4) is 0 Å². The fourth-order valence-electron chi connectivity index (χ4n) is 1.84. The standard InChI is InChI=1S/C15H19ClN4/c1-3-17-8-13-9-18-15(19-10-13)20(2)11-12-4-6-14(16)7-5-12/h4-7,9-10,17H,3,8,11H2,1-2H3.